The molecule has 3 nitrogen and oxygen atoms in total. The zero-order valence-corrected chi connectivity index (χ0v) is 7.53. The van der Waals surface area contributed by atoms with E-state index in [0.717, 1.165) is 17.3 Å². The lowest BCUT2D eigenvalue weighted by molar-refractivity contribution is 0.428. The summed E-state index contributed by atoms with van der Waals surface area (Å²) in [6, 6.07) is 6.26. The SMILES string of the molecule is CC(N)Cc1ccc2conc2c1. The highest BCUT2D eigenvalue weighted by Gasteiger charge is 2.01. The molecule has 13 heavy (non-hydrogen) atoms. The van der Waals surface area contributed by atoms with Crippen molar-refractivity contribution in [3.63, 3.8) is 0 Å². The first-order valence-electron chi connectivity index (χ1n) is 4.34. The summed E-state index contributed by atoms with van der Waals surface area (Å²) in [5.41, 5.74) is 7.81. The Bertz CT molecular complexity index is 406. The predicted molar refractivity (Wildman–Crippen MR) is 51.4 cm³/mol. The van der Waals surface area contributed by atoms with Gasteiger partial charge in [0, 0.05) is 11.4 Å². The summed E-state index contributed by atoms with van der Waals surface area (Å²) in [5.74, 6) is 0. The molecule has 68 valence electrons. The molecule has 2 rings (SSSR count). The molecular weight excluding hydrogens is 164 g/mol. The summed E-state index contributed by atoms with van der Waals surface area (Å²) in [6.07, 6.45) is 2.52. The molecule has 1 aromatic carbocycles. The zero-order chi connectivity index (χ0) is 9.26. The summed E-state index contributed by atoms with van der Waals surface area (Å²) in [5, 5.41) is 4.91. The van der Waals surface area contributed by atoms with Gasteiger partial charge in [0.05, 0.1) is 0 Å². The predicted octanol–water partition coefficient (Wildman–Crippen LogP) is 1.72. The van der Waals surface area contributed by atoms with Crippen molar-refractivity contribution >= 4 is 10.9 Å². The molecule has 0 amide bonds. The number of hydrogen-bond acceptors (Lipinski definition) is 3. The maximum atomic E-state index is 5.70. The van der Waals surface area contributed by atoms with Gasteiger partial charge in [-0.15, -0.1) is 0 Å². The lowest BCUT2D eigenvalue weighted by Crippen LogP contribution is -2.17. The Morgan fingerprint density at radius 1 is 1.54 bits per heavy atom. The number of fused-ring (bicyclic) bond motifs is 1. The van der Waals surface area contributed by atoms with Gasteiger partial charge in [0.1, 0.15) is 11.8 Å². The molecule has 0 radical (unpaired) electrons. The molecule has 1 unspecified atom stereocenters. The molecule has 1 heterocycles. The van der Waals surface area contributed by atoms with E-state index in [0.29, 0.717) is 0 Å². The van der Waals surface area contributed by atoms with Gasteiger partial charge in [-0.05, 0) is 31.0 Å². The van der Waals surface area contributed by atoms with Gasteiger partial charge in [-0.25, -0.2) is 0 Å². The largest absolute Gasteiger partial charge is 0.364 e. The number of rotatable bonds is 2. The van der Waals surface area contributed by atoms with Crippen molar-refractivity contribution < 1.29 is 4.52 Å². The van der Waals surface area contributed by atoms with Crippen molar-refractivity contribution in [2.75, 3.05) is 0 Å². The van der Waals surface area contributed by atoms with Crippen molar-refractivity contribution in [1.29, 1.82) is 0 Å². The number of nitrogens with zero attached hydrogens (tertiary/aromatic N) is 1. The number of nitrogens with two attached hydrogens (primary N) is 1. The Hall–Kier alpha value is -1.35. The third-order valence-electron chi connectivity index (χ3n) is 1.98. The van der Waals surface area contributed by atoms with Crippen LogP contribution in [0.2, 0.25) is 0 Å². The minimum absolute atomic E-state index is 0.185. The monoisotopic (exact) mass is 176 g/mol. The highest BCUT2D eigenvalue weighted by atomic mass is 16.5. The van der Waals surface area contributed by atoms with Gasteiger partial charge in [-0.3, -0.25) is 0 Å². The molecule has 0 fully saturated rings. The summed E-state index contributed by atoms with van der Waals surface area (Å²) in [6.45, 7) is 1.99. The summed E-state index contributed by atoms with van der Waals surface area (Å²) in [4.78, 5) is 0. The summed E-state index contributed by atoms with van der Waals surface area (Å²) >= 11 is 0. The van der Waals surface area contributed by atoms with Crippen LogP contribution in [-0.4, -0.2) is 11.2 Å². The molecule has 1 aromatic heterocycles. The maximum absolute atomic E-state index is 5.70. The average molecular weight is 176 g/mol. The van der Waals surface area contributed by atoms with Crippen molar-refractivity contribution in [3.05, 3.63) is 30.0 Å². The van der Waals surface area contributed by atoms with Crippen LogP contribution < -0.4 is 5.73 Å². The van der Waals surface area contributed by atoms with E-state index in [4.69, 9.17) is 10.3 Å². The van der Waals surface area contributed by atoms with E-state index in [1.54, 1.807) is 6.26 Å². The Morgan fingerprint density at radius 3 is 3.15 bits per heavy atom. The smallest absolute Gasteiger partial charge is 0.131 e. The molecule has 3 heteroatoms. The van der Waals surface area contributed by atoms with Gasteiger partial charge in [0.25, 0.3) is 0 Å². The fraction of sp³-hybridized carbons (Fsp3) is 0.300. The standard InChI is InChI=1S/C10H12N2O/c1-7(11)4-8-2-3-9-6-13-12-10(9)5-8/h2-3,5-7H,4,11H2,1H3. The van der Waals surface area contributed by atoms with E-state index >= 15 is 0 Å². The van der Waals surface area contributed by atoms with E-state index in [1.807, 2.05) is 19.1 Å². The second-order valence-electron chi connectivity index (χ2n) is 3.39. The molecule has 0 bridgehead atoms. The lowest BCUT2D eigenvalue weighted by Gasteiger charge is -2.03. The van der Waals surface area contributed by atoms with Crippen LogP contribution in [0.1, 0.15) is 12.5 Å². The lowest BCUT2D eigenvalue weighted by atomic mass is 10.1. The fourth-order valence-electron chi connectivity index (χ4n) is 1.41. The van der Waals surface area contributed by atoms with Gasteiger partial charge < -0.3 is 10.3 Å². The maximum Gasteiger partial charge on any atom is 0.131 e. The molecule has 0 saturated carbocycles. The van der Waals surface area contributed by atoms with Crippen molar-refractivity contribution in [3.8, 4) is 0 Å². The van der Waals surface area contributed by atoms with E-state index in [-0.39, 0.29) is 6.04 Å². The van der Waals surface area contributed by atoms with Crippen LogP contribution >= 0.6 is 0 Å². The molecule has 0 aliphatic rings. The Kier molecular flexibility index (Phi) is 2.02. The highest BCUT2D eigenvalue weighted by Crippen LogP contribution is 2.14. The first-order chi connectivity index (χ1) is 6.25. The van der Waals surface area contributed by atoms with E-state index in [1.165, 1.54) is 5.56 Å². The van der Waals surface area contributed by atoms with Crippen LogP contribution in [0, 0.1) is 0 Å². The Labute approximate surface area is 76.5 Å². The fourth-order valence-corrected chi connectivity index (χ4v) is 1.41. The molecule has 0 saturated heterocycles. The quantitative estimate of drug-likeness (QED) is 0.757. The molecule has 0 aliphatic carbocycles. The topological polar surface area (TPSA) is 52.0 Å². The average Bonchev–Trinajstić information content (AvgIpc) is 2.49. The van der Waals surface area contributed by atoms with Gasteiger partial charge in [0.2, 0.25) is 0 Å². The molecule has 2 N–H and O–H groups in total. The summed E-state index contributed by atoms with van der Waals surface area (Å²) in [7, 11) is 0. The minimum atomic E-state index is 0.185. The zero-order valence-electron chi connectivity index (χ0n) is 7.53. The van der Waals surface area contributed by atoms with Crippen molar-refractivity contribution in [2.45, 2.75) is 19.4 Å². The number of hydrogen-bond donors (Lipinski definition) is 1. The van der Waals surface area contributed by atoms with Gasteiger partial charge in [-0.2, -0.15) is 0 Å². The van der Waals surface area contributed by atoms with Crippen LogP contribution in [0.4, 0.5) is 0 Å². The Morgan fingerprint density at radius 2 is 2.38 bits per heavy atom. The third kappa shape index (κ3) is 1.70. The molecule has 1 atom stereocenters. The highest BCUT2D eigenvalue weighted by molar-refractivity contribution is 5.77. The second kappa shape index (κ2) is 3.18. The van der Waals surface area contributed by atoms with E-state index in [9.17, 15) is 0 Å². The van der Waals surface area contributed by atoms with Crippen LogP contribution in [0.5, 0.6) is 0 Å². The number of aromatic nitrogens is 1. The van der Waals surface area contributed by atoms with Gasteiger partial charge >= 0.3 is 0 Å². The van der Waals surface area contributed by atoms with Crippen LogP contribution in [0.25, 0.3) is 10.9 Å². The molecular formula is C10H12N2O. The van der Waals surface area contributed by atoms with E-state index < -0.39 is 0 Å². The van der Waals surface area contributed by atoms with Gasteiger partial charge in [0.15, 0.2) is 0 Å². The number of benzene rings is 1. The second-order valence-corrected chi connectivity index (χ2v) is 3.39. The Balaban J connectivity index is 2.37. The summed E-state index contributed by atoms with van der Waals surface area (Å²) < 4.78 is 4.84. The third-order valence-corrected chi connectivity index (χ3v) is 1.98. The molecule has 0 aliphatic heterocycles. The van der Waals surface area contributed by atoms with Crippen LogP contribution in [0.3, 0.4) is 0 Å². The normalized spacial score (nSPS) is 13.4. The van der Waals surface area contributed by atoms with Crippen molar-refractivity contribution in [1.82, 2.24) is 5.16 Å². The minimum Gasteiger partial charge on any atom is -0.364 e. The van der Waals surface area contributed by atoms with Crippen molar-refractivity contribution in [2.24, 2.45) is 5.73 Å². The first kappa shape index (κ1) is 8.26. The molecule has 0 spiro atoms. The first-order valence-corrected chi connectivity index (χ1v) is 4.34. The van der Waals surface area contributed by atoms with Gasteiger partial charge in [-0.1, -0.05) is 11.2 Å². The van der Waals surface area contributed by atoms with E-state index in [2.05, 4.69) is 11.2 Å². The molecule has 2 aromatic rings. The van der Waals surface area contributed by atoms with Crippen LogP contribution in [0.15, 0.2) is 29.0 Å². The van der Waals surface area contributed by atoms with Crippen LogP contribution in [-0.2, 0) is 6.42 Å².